The number of aromatic amines is 1. The second-order valence-corrected chi connectivity index (χ2v) is 7.28. The highest BCUT2D eigenvalue weighted by molar-refractivity contribution is 5.98. The molecule has 0 atom stereocenters. The molecule has 1 aromatic carbocycles. The summed E-state index contributed by atoms with van der Waals surface area (Å²) in [7, 11) is 0. The molecule has 1 aliphatic rings. The van der Waals surface area contributed by atoms with Crippen molar-refractivity contribution in [3.63, 3.8) is 0 Å². The average molecular weight is 443 g/mol. The zero-order valence-corrected chi connectivity index (χ0v) is 16.5. The number of halogens is 3. The minimum atomic E-state index is -4.44. The number of rotatable bonds is 5. The summed E-state index contributed by atoms with van der Waals surface area (Å²) in [4.78, 5) is 16.7. The normalized spacial score (nSPS) is 13.2. The van der Waals surface area contributed by atoms with Gasteiger partial charge in [0.25, 0.3) is 0 Å². The van der Waals surface area contributed by atoms with E-state index in [0.29, 0.717) is 30.0 Å². The first-order valence-electron chi connectivity index (χ1n) is 9.69. The van der Waals surface area contributed by atoms with Gasteiger partial charge in [-0.3, -0.25) is 9.89 Å². The highest BCUT2D eigenvalue weighted by Gasteiger charge is 2.31. The smallest absolute Gasteiger partial charge is 0.408 e. The number of Topliss-reactive ketones (excluding diaryl/α,β-unsaturated/α-hetero) is 1. The number of hydrogen-bond acceptors (Lipinski definition) is 6. The molecule has 4 heterocycles. The number of H-pyrrole nitrogens is 1. The summed E-state index contributed by atoms with van der Waals surface area (Å²) in [6, 6.07) is 6.70. The number of nitrogens with one attached hydrogen (secondary N) is 1. The third kappa shape index (κ3) is 3.86. The SMILES string of the molecule is O=C(Cc1cn[nH]c1)c1ccc2c(c1)-n1nc(-c3ncnn3CC(F)(F)F)cc1CCO2. The first-order chi connectivity index (χ1) is 15.4. The Bertz CT molecular complexity index is 1270. The van der Waals surface area contributed by atoms with Gasteiger partial charge in [-0.05, 0) is 29.8 Å². The van der Waals surface area contributed by atoms with Crippen molar-refractivity contribution in [2.75, 3.05) is 6.61 Å². The Hall–Kier alpha value is -3.96. The number of carbonyl (C=O) groups is 1. The van der Waals surface area contributed by atoms with Crippen molar-refractivity contribution in [2.45, 2.75) is 25.6 Å². The summed E-state index contributed by atoms with van der Waals surface area (Å²) in [6.07, 6.45) is 0.513. The van der Waals surface area contributed by atoms with Crippen LogP contribution < -0.4 is 4.74 Å². The van der Waals surface area contributed by atoms with Crippen molar-refractivity contribution < 1.29 is 22.7 Å². The lowest BCUT2D eigenvalue weighted by molar-refractivity contribution is -0.142. The molecule has 1 N–H and O–H groups in total. The number of aromatic nitrogens is 7. The van der Waals surface area contributed by atoms with E-state index in [1.54, 1.807) is 41.3 Å². The van der Waals surface area contributed by atoms with E-state index in [1.807, 2.05) is 0 Å². The van der Waals surface area contributed by atoms with Gasteiger partial charge in [-0.25, -0.2) is 14.3 Å². The molecule has 0 bridgehead atoms. The van der Waals surface area contributed by atoms with Gasteiger partial charge in [0, 0.05) is 30.3 Å². The van der Waals surface area contributed by atoms with Crippen LogP contribution in [0.3, 0.4) is 0 Å². The van der Waals surface area contributed by atoms with Crippen molar-refractivity contribution >= 4 is 5.78 Å². The zero-order chi connectivity index (χ0) is 22.3. The van der Waals surface area contributed by atoms with Crippen LogP contribution in [0.4, 0.5) is 13.2 Å². The standard InChI is InChI=1S/C20H16F3N7O2/c21-20(22,23)10-29-19(24-11-27-29)15-7-14-3-4-32-18-2-1-13(6-16(18)30(14)28-15)17(31)5-12-8-25-26-9-12/h1-2,6-9,11H,3-5,10H2,(H,25,26). The van der Waals surface area contributed by atoms with Crippen LogP contribution in [-0.4, -0.2) is 53.3 Å². The van der Waals surface area contributed by atoms with Gasteiger partial charge in [0.2, 0.25) is 0 Å². The molecule has 0 unspecified atom stereocenters. The Morgan fingerprint density at radius 3 is 2.91 bits per heavy atom. The highest BCUT2D eigenvalue weighted by Crippen LogP contribution is 2.31. The van der Waals surface area contributed by atoms with Crippen molar-refractivity contribution in [3.05, 3.63) is 59.8 Å². The fraction of sp³-hybridized carbons (Fsp3) is 0.250. The van der Waals surface area contributed by atoms with Crippen LogP contribution in [0.25, 0.3) is 17.2 Å². The van der Waals surface area contributed by atoms with E-state index in [9.17, 15) is 18.0 Å². The molecule has 12 heteroatoms. The third-order valence-electron chi connectivity index (χ3n) is 5.00. The molecule has 0 amide bonds. The van der Waals surface area contributed by atoms with Gasteiger partial charge in [-0.15, -0.1) is 0 Å². The van der Waals surface area contributed by atoms with Crippen molar-refractivity contribution in [3.8, 4) is 23.0 Å². The lowest BCUT2D eigenvalue weighted by Crippen LogP contribution is -2.19. The second-order valence-electron chi connectivity index (χ2n) is 7.28. The largest absolute Gasteiger partial charge is 0.491 e. The molecule has 9 nitrogen and oxygen atoms in total. The molecule has 0 radical (unpaired) electrons. The Kier molecular flexibility index (Phi) is 4.76. The van der Waals surface area contributed by atoms with Gasteiger partial charge in [0.1, 0.15) is 30.0 Å². The van der Waals surface area contributed by atoms with Crippen LogP contribution in [0.5, 0.6) is 5.75 Å². The fourth-order valence-corrected chi connectivity index (χ4v) is 3.57. The molecule has 3 aromatic heterocycles. The summed E-state index contributed by atoms with van der Waals surface area (Å²) < 4.78 is 46.8. The average Bonchev–Trinajstić information content (AvgIpc) is 3.47. The first kappa shape index (κ1) is 20.0. The predicted molar refractivity (Wildman–Crippen MR) is 104 cm³/mol. The Balaban J connectivity index is 1.52. The number of hydrogen-bond donors (Lipinski definition) is 1. The van der Waals surface area contributed by atoms with Gasteiger partial charge >= 0.3 is 6.18 Å². The van der Waals surface area contributed by atoms with Gasteiger partial charge < -0.3 is 4.74 Å². The summed E-state index contributed by atoms with van der Waals surface area (Å²) in [6.45, 7) is -0.910. The number of carbonyl (C=O) groups excluding carboxylic acids is 1. The van der Waals surface area contributed by atoms with Crippen molar-refractivity contribution in [1.82, 2.24) is 34.7 Å². The topological polar surface area (TPSA) is 104 Å². The third-order valence-corrected chi connectivity index (χ3v) is 5.00. The number of fused-ring (bicyclic) bond motifs is 3. The number of ketones is 1. The number of benzene rings is 1. The van der Waals surface area contributed by atoms with E-state index in [4.69, 9.17) is 4.74 Å². The minimum Gasteiger partial charge on any atom is -0.491 e. The summed E-state index contributed by atoms with van der Waals surface area (Å²) >= 11 is 0. The van der Waals surface area contributed by atoms with Crippen LogP contribution >= 0.6 is 0 Å². The monoisotopic (exact) mass is 443 g/mol. The maximum absolute atomic E-state index is 12.9. The minimum absolute atomic E-state index is 0.0116. The van der Waals surface area contributed by atoms with Crippen molar-refractivity contribution in [2.24, 2.45) is 0 Å². The molecular formula is C20H16F3N7O2. The number of nitrogens with zero attached hydrogens (tertiary/aromatic N) is 6. The first-order valence-corrected chi connectivity index (χ1v) is 9.69. The Morgan fingerprint density at radius 2 is 2.12 bits per heavy atom. The van der Waals surface area contributed by atoms with E-state index in [1.165, 1.54) is 0 Å². The van der Waals surface area contributed by atoms with Crippen LogP contribution in [0.2, 0.25) is 0 Å². The molecular weight excluding hydrogens is 427 g/mol. The maximum Gasteiger partial charge on any atom is 0.408 e. The molecule has 5 rings (SSSR count). The van der Waals surface area contributed by atoms with E-state index in [0.717, 1.165) is 22.3 Å². The van der Waals surface area contributed by atoms with Gasteiger partial charge in [0.05, 0.1) is 12.8 Å². The summed E-state index contributed by atoms with van der Waals surface area (Å²) in [5, 5.41) is 14.7. The van der Waals surface area contributed by atoms with Crippen LogP contribution in [-0.2, 0) is 19.4 Å². The molecule has 0 saturated carbocycles. The lowest BCUT2D eigenvalue weighted by atomic mass is 10.0. The quantitative estimate of drug-likeness (QED) is 0.476. The summed E-state index contributed by atoms with van der Waals surface area (Å²) in [5.74, 6) is 0.421. The van der Waals surface area contributed by atoms with Crippen LogP contribution in [0.1, 0.15) is 21.6 Å². The number of ether oxygens (including phenoxy) is 1. The number of alkyl halides is 3. The van der Waals surface area contributed by atoms with E-state index >= 15 is 0 Å². The predicted octanol–water partition coefficient (Wildman–Crippen LogP) is 2.78. The van der Waals surface area contributed by atoms with Gasteiger partial charge in [0.15, 0.2) is 11.6 Å². The Morgan fingerprint density at radius 1 is 1.25 bits per heavy atom. The van der Waals surface area contributed by atoms with Crippen LogP contribution in [0.15, 0.2) is 43.0 Å². The van der Waals surface area contributed by atoms with E-state index < -0.39 is 12.7 Å². The maximum atomic E-state index is 12.9. The second kappa shape index (κ2) is 7.62. The zero-order valence-electron chi connectivity index (χ0n) is 16.5. The lowest BCUT2D eigenvalue weighted by Gasteiger charge is -2.10. The molecule has 0 saturated heterocycles. The van der Waals surface area contributed by atoms with E-state index in [2.05, 4.69) is 25.4 Å². The molecule has 1 aliphatic heterocycles. The highest BCUT2D eigenvalue weighted by atomic mass is 19.4. The summed E-state index contributed by atoms with van der Waals surface area (Å²) in [5.41, 5.74) is 2.72. The molecule has 4 aromatic rings. The van der Waals surface area contributed by atoms with Crippen molar-refractivity contribution in [1.29, 1.82) is 0 Å². The molecule has 0 fully saturated rings. The van der Waals surface area contributed by atoms with Gasteiger partial charge in [-0.1, -0.05) is 0 Å². The molecule has 0 spiro atoms. The molecule has 164 valence electrons. The Labute approximate surface area is 178 Å². The molecule has 0 aliphatic carbocycles. The molecule has 32 heavy (non-hydrogen) atoms. The van der Waals surface area contributed by atoms with E-state index in [-0.39, 0.29) is 23.7 Å². The van der Waals surface area contributed by atoms with Crippen LogP contribution in [0, 0.1) is 0 Å². The fourth-order valence-electron chi connectivity index (χ4n) is 3.57. The van der Waals surface area contributed by atoms with Gasteiger partial charge in [-0.2, -0.15) is 28.5 Å².